The molecule has 6 nitrogen and oxygen atoms in total. The number of rotatable bonds is 8. The number of amides is 1. The van der Waals surface area contributed by atoms with Crippen LogP contribution in [0, 0.1) is 6.92 Å². The molecule has 1 aromatic heterocycles. The zero-order valence-electron chi connectivity index (χ0n) is 17.3. The van der Waals surface area contributed by atoms with Gasteiger partial charge in [-0.15, -0.1) is 0 Å². The molecule has 30 heavy (non-hydrogen) atoms. The number of carbonyl (C=O) groups excluding carboxylic acids is 1. The smallest absolute Gasteiger partial charge is 0.264 e. The minimum absolute atomic E-state index is 0.105. The lowest BCUT2D eigenvalue weighted by atomic mass is 10.1. The Bertz CT molecular complexity index is 953. The summed E-state index contributed by atoms with van der Waals surface area (Å²) < 4.78 is 11.1. The summed E-state index contributed by atoms with van der Waals surface area (Å²) in [7, 11) is 0. The molecule has 1 unspecified atom stereocenters. The molecule has 156 valence electrons. The van der Waals surface area contributed by atoms with E-state index in [4.69, 9.17) is 9.26 Å². The number of ether oxygens (including phenoxy) is 1. The zero-order valence-corrected chi connectivity index (χ0v) is 17.3. The second kappa shape index (κ2) is 9.57. The molecule has 6 heteroatoms. The molecule has 2 aromatic carbocycles. The molecule has 3 aromatic rings. The molecule has 1 saturated heterocycles. The summed E-state index contributed by atoms with van der Waals surface area (Å²) in [5.41, 5.74) is 2.44. The maximum absolute atomic E-state index is 12.8. The Morgan fingerprint density at radius 3 is 2.77 bits per heavy atom. The fourth-order valence-corrected chi connectivity index (χ4v) is 3.81. The Morgan fingerprint density at radius 2 is 1.97 bits per heavy atom. The van der Waals surface area contributed by atoms with Gasteiger partial charge in [0.05, 0.1) is 6.04 Å². The van der Waals surface area contributed by atoms with Crippen LogP contribution in [0.1, 0.15) is 54.6 Å². The van der Waals surface area contributed by atoms with Gasteiger partial charge in [-0.05, 0) is 50.3 Å². The fourth-order valence-electron chi connectivity index (χ4n) is 3.81. The van der Waals surface area contributed by atoms with Crippen LogP contribution in [0.5, 0.6) is 5.75 Å². The second-order valence-corrected chi connectivity index (χ2v) is 7.73. The first kappa shape index (κ1) is 20.1. The first-order valence-electron chi connectivity index (χ1n) is 10.5. The van der Waals surface area contributed by atoms with Crippen LogP contribution in [-0.4, -0.2) is 27.5 Å². The van der Waals surface area contributed by atoms with E-state index in [0.29, 0.717) is 18.1 Å². The zero-order chi connectivity index (χ0) is 20.8. The summed E-state index contributed by atoms with van der Waals surface area (Å²) in [6, 6.07) is 18.0. The van der Waals surface area contributed by atoms with Gasteiger partial charge in [0.1, 0.15) is 5.75 Å². The predicted octanol–water partition coefficient (Wildman–Crippen LogP) is 4.64. The second-order valence-electron chi connectivity index (χ2n) is 7.73. The van der Waals surface area contributed by atoms with Gasteiger partial charge in [-0.2, -0.15) is 4.98 Å². The van der Waals surface area contributed by atoms with Crippen molar-refractivity contribution in [1.82, 2.24) is 15.0 Å². The standard InChI is InChI=1S/C24H27N3O3/c1-18-12-14-20(15-13-18)29-17-22-25-24(26-30-22)21-10-6-16-27(21)23(28)11-5-9-19-7-3-2-4-8-19/h2-4,7-8,12-15,21H,5-6,9-11,16-17H2,1H3. The maximum atomic E-state index is 12.8. The van der Waals surface area contributed by atoms with E-state index < -0.39 is 0 Å². The van der Waals surface area contributed by atoms with Crippen LogP contribution in [0.3, 0.4) is 0 Å². The van der Waals surface area contributed by atoms with Gasteiger partial charge in [-0.1, -0.05) is 53.2 Å². The Morgan fingerprint density at radius 1 is 1.17 bits per heavy atom. The van der Waals surface area contributed by atoms with Crippen molar-refractivity contribution in [3.05, 3.63) is 77.4 Å². The minimum atomic E-state index is -0.105. The van der Waals surface area contributed by atoms with Crippen molar-refractivity contribution >= 4 is 5.91 Å². The van der Waals surface area contributed by atoms with Crippen LogP contribution < -0.4 is 4.74 Å². The molecule has 1 aliphatic heterocycles. The molecule has 1 amide bonds. The van der Waals surface area contributed by atoms with E-state index in [2.05, 4.69) is 22.3 Å². The molecule has 1 aliphatic rings. The van der Waals surface area contributed by atoms with E-state index in [9.17, 15) is 4.79 Å². The summed E-state index contributed by atoms with van der Waals surface area (Å²) in [6.45, 7) is 3.00. The molecule has 1 fully saturated rings. The summed E-state index contributed by atoms with van der Waals surface area (Å²) >= 11 is 0. The van der Waals surface area contributed by atoms with Crippen LogP contribution >= 0.6 is 0 Å². The van der Waals surface area contributed by atoms with E-state index >= 15 is 0 Å². The normalized spacial score (nSPS) is 16.0. The monoisotopic (exact) mass is 405 g/mol. The predicted molar refractivity (Wildman–Crippen MR) is 113 cm³/mol. The van der Waals surface area contributed by atoms with Gasteiger partial charge in [0.2, 0.25) is 5.91 Å². The topological polar surface area (TPSA) is 68.5 Å². The molecule has 0 bridgehead atoms. The molecule has 0 aliphatic carbocycles. The lowest BCUT2D eigenvalue weighted by Gasteiger charge is -2.22. The molecule has 0 N–H and O–H groups in total. The number of aryl methyl sites for hydroxylation is 2. The average molecular weight is 405 g/mol. The van der Waals surface area contributed by atoms with Crippen molar-refractivity contribution in [2.45, 2.75) is 51.7 Å². The van der Waals surface area contributed by atoms with Gasteiger partial charge in [0, 0.05) is 13.0 Å². The summed E-state index contributed by atoms with van der Waals surface area (Å²) in [4.78, 5) is 19.2. The molecular weight excluding hydrogens is 378 g/mol. The van der Waals surface area contributed by atoms with Crippen LogP contribution in [-0.2, 0) is 17.8 Å². The number of aromatic nitrogens is 2. The number of nitrogens with zero attached hydrogens (tertiary/aromatic N) is 3. The maximum Gasteiger partial charge on any atom is 0.264 e. The summed E-state index contributed by atoms with van der Waals surface area (Å²) in [6.07, 6.45) is 4.11. The SMILES string of the molecule is Cc1ccc(OCc2nc(C3CCCN3C(=O)CCCc3ccccc3)no2)cc1. The molecule has 2 heterocycles. The molecular formula is C24H27N3O3. The van der Waals surface area contributed by atoms with Crippen molar-refractivity contribution in [2.75, 3.05) is 6.54 Å². The first-order chi connectivity index (χ1) is 14.7. The Balaban J connectivity index is 1.30. The Hall–Kier alpha value is -3.15. The third kappa shape index (κ3) is 5.06. The molecule has 4 rings (SSSR count). The highest BCUT2D eigenvalue weighted by Crippen LogP contribution is 2.31. The largest absolute Gasteiger partial charge is 0.484 e. The lowest BCUT2D eigenvalue weighted by molar-refractivity contribution is -0.132. The van der Waals surface area contributed by atoms with Gasteiger partial charge in [-0.25, -0.2) is 0 Å². The molecule has 0 spiro atoms. The van der Waals surface area contributed by atoms with E-state index in [-0.39, 0.29) is 18.6 Å². The van der Waals surface area contributed by atoms with Crippen molar-refractivity contribution < 1.29 is 14.1 Å². The van der Waals surface area contributed by atoms with Crippen LogP contribution in [0.2, 0.25) is 0 Å². The number of likely N-dealkylation sites (tertiary alicyclic amines) is 1. The van der Waals surface area contributed by atoms with E-state index in [0.717, 1.165) is 38.0 Å². The highest BCUT2D eigenvalue weighted by atomic mass is 16.5. The third-order valence-corrected chi connectivity index (χ3v) is 5.44. The number of carbonyl (C=O) groups is 1. The minimum Gasteiger partial charge on any atom is -0.484 e. The van der Waals surface area contributed by atoms with Crippen molar-refractivity contribution in [3.8, 4) is 5.75 Å². The molecule has 0 radical (unpaired) electrons. The molecule has 1 atom stereocenters. The number of benzene rings is 2. The lowest BCUT2D eigenvalue weighted by Crippen LogP contribution is -2.31. The van der Waals surface area contributed by atoms with E-state index in [1.165, 1.54) is 11.1 Å². The van der Waals surface area contributed by atoms with Crippen LogP contribution in [0.4, 0.5) is 0 Å². The fraction of sp³-hybridized carbons (Fsp3) is 0.375. The van der Waals surface area contributed by atoms with Crippen LogP contribution in [0.15, 0.2) is 59.1 Å². The van der Waals surface area contributed by atoms with Crippen molar-refractivity contribution in [3.63, 3.8) is 0 Å². The Labute approximate surface area is 176 Å². The van der Waals surface area contributed by atoms with Crippen molar-refractivity contribution in [2.24, 2.45) is 0 Å². The number of hydrogen-bond acceptors (Lipinski definition) is 5. The molecule has 0 saturated carbocycles. The average Bonchev–Trinajstić information content (AvgIpc) is 3.43. The van der Waals surface area contributed by atoms with E-state index in [1.807, 2.05) is 54.3 Å². The number of hydrogen-bond donors (Lipinski definition) is 0. The quantitative estimate of drug-likeness (QED) is 0.546. The summed E-state index contributed by atoms with van der Waals surface area (Å²) in [5, 5.41) is 4.13. The van der Waals surface area contributed by atoms with E-state index in [1.54, 1.807) is 0 Å². The highest BCUT2D eigenvalue weighted by molar-refractivity contribution is 5.76. The van der Waals surface area contributed by atoms with Gasteiger partial charge in [0.25, 0.3) is 5.89 Å². The van der Waals surface area contributed by atoms with Gasteiger partial charge >= 0.3 is 0 Å². The van der Waals surface area contributed by atoms with Gasteiger partial charge in [0.15, 0.2) is 12.4 Å². The van der Waals surface area contributed by atoms with Crippen molar-refractivity contribution in [1.29, 1.82) is 0 Å². The summed E-state index contributed by atoms with van der Waals surface area (Å²) in [5.74, 6) is 1.92. The Kier molecular flexibility index (Phi) is 6.42. The van der Waals surface area contributed by atoms with Gasteiger partial charge < -0.3 is 14.2 Å². The highest BCUT2D eigenvalue weighted by Gasteiger charge is 2.33. The van der Waals surface area contributed by atoms with Crippen LogP contribution in [0.25, 0.3) is 0 Å². The third-order valence-electron chi connectivity index (χ3n) is 5.44. The van der Waals surface area contributed by atoms with Gasteiger partial charge in [-0.3, -0.25) is 4.79 Å². The first-order valence-corrected chi connectivity index (χ1v) is 10.5.